The monoisotopic (exact) mass is 328 g/mol. The fraction of sp³-hybridized carbons (Fsp3) is 0.750. The number of carbonyl (C=O) groups excluding carboxylic acids is 2. The number of tetrazole rings is 1. The van der Waals surface area contributed by atoms with Crippen LogP contribution in [0.25, 0.3) is 0 Å². The number of nitrogens with one attached hydrogen (secondary N) is 2. The predicted molar refractivity (Wildman–Crippen MR) is 79.2 cm³/mol. The highest BCUT2D eigenvalue weighted by Crippen LogP contribution is 2.18. The normalized spacial score (nSPS) is 17.4. The van der Waals surface area contributed by atoms with Crippen molar-refractivity contribution in [3.8, 4) is 0 Å². The summed E-state index contributed by atoms with van der Waals surface area (Å²) < 4.78 is 7.20. The lowest BCUT2D eigenvalue weighted by Gasteiger charge is -2.10. The SMILES string of the molecule is CCNC(=O)CNC(=O)CSc1nnnn1C[C@H]1CCCO1. The Labute approximate surface area is 132 Å². The van der Waals surface area contributed by atoms with Gasteiger partial charge in [0.2, 0.25) is 17.0 Å². The minimum atomic E-state index is -0.233. The van der Waals surface area contributed by atoms with Crippen molar-refractivity contribution < 1.29 is 14.3 Å². The maximum atomic E-state index is 11.7. The third-order valence-electron chi connectivity index (χ3n) is 3.05. The third kappa shape index (κ3) is 5.26. The zero-order valence-corrected chi connectivity index (χ0v) is 13.3. The molecule has 2 N–H and O–H groups in total. The Hall–Kier alpha value is -1.68. The van der Waals surface area contributed by atoms with E-state index in [-0.39, 0.29) is 30.2 Å². The van der Waals surface area contributed by atoms with Gasteiger partial charge >= 0.3 is 0 Å². The molecule has 1 aromatic rings. The fourth-order valence-electron chi connectivity index (χ4n) is 2.02. The summed E-state index contributed by atoms with van der Waals surface area (Å²) >= 11 is 1.24. The molecule has 1 atom stereocenters. The van der Waals surface area contributed by atoms with Crippen LogP contribution in [-0.2, 0) is 20.9 Å². The number of likely N-dealkylation sites (N-methyl/N-ethyl adjacent to an activating group) is 1. The molecule has 1 aliphatic rings. The number of hydrogen-bond donors (Lipinski definition) is 2. The van der Waals surface area contributed by atoms with Crippen molar-refractivity contribution in [1.82, 2.24) is 30.8 Å². The minimum absolute atomic E-state index is 0.0198. The molecule has 2 amide bonds. The summed E-state index contributed by atoms with van der Waals surface area (Å²) in [7, 11) is 0. The smallest absolute Gasteiger partial charge is 0.239 e. The van der Waals surface area contributed by atoms with Gasteiger partial charge in [-0.15, -0.1) is 5.10 Å². The first-order valence-corrected chi connectivity index (χ1v) is 8.21. The van der Waals surface area contributed by atoms with Crippen molar-refractivity contribution in [1.29, 1.82) is 0 Å². The molecule has 0 radical (unpaired) electrons. The molecule has 22 heavy (non-hydrogen) atoms. The first-order valence-electron chi connectivity index (χ1n) is 7.23. The molecular weight excluding hydrogens is 308 g/mol. The van der Waals surface area contributed by atoms with E-state index in [0.29, 0.717) is 18.2 Å². The van der Waals surface area contributed by atoms with Crippen LogP contribution in [0, 0.1) is 0 Å². The topological polar surface area (TPSA) is 111 Å². The van der Waals surface area contributed by atoms with Gasteiger partial charge in [0.05, 0.1) is 24.9 Å². The van der Waals surface area contributed by atoms with Crippen LogP contribution in [0.1, 0.15) is 19.8 Å². The molecule has 2 rings (SSSR count). The van der Waals surface area contributed by atoms with Gasteiger partial charge < -0.3 is 15.4 Å². The van der Waals surface area contributed by atoms with E-state index in [2.05, 4.69) is 26.2 Å². The summed E-state index contributed by atoms with van der Waals surface area (Å²) in [5.74, 6) is -0.280. The van der Waals surface area contributed by atoms with Gasteiger partial charge in [0.1, 0.15) is 0 Å². The Morgan fingerprint density at radius 3 is 3.00 bits per heavy atom. The van der Waals surface area contributed by atoms with Crippen molar-refractivity contribution in [2.24, 2.45) is 0 Å². The van der Waals surface area contributed by atoms with Crippen LogP contribution in [0.15, 0.2) is 5.16 Å². The van der Waals surface area contributed by atoms with Crippen LogP contribution < -0.4 is 10.6 Å². The number of carbonyl (C=O) groups is 2. The molecule has 10 heteroatoms. The molecule has 0 saturated carbocycles. The number of amides is 2. The van der Waals surface area contributed by atoms with Crippen LogP contribution in [-0.4, -0.2) is 63.6 Å². The molecule has 1 fully saturated rings. The van der Waals surface area contributed by atoms with Crippen molar-refractivity contribution in [2.45, 2.75) is 37.6 Å². The molecule has 1 aromatic heterocycles. The van der Waals surface area contributed by atoms with E-state index in [9.17, 15) is 9.59 Å². The van der Waals surface area contributed by atoms with E-state index >= 15 is 0 Å². The second-order valence-corrected chi connectivity index (χ2v) is 5.74. The first kappa shape index (κ1) is 16.7. The van der Waals surface area contributed by atoms with Gasteiger partial charge in [-0.1, -0.05) is 11.8 Å². The number of rotatable bonds is 8. The Morgan fingerprint density at radius 1 is 1.41 bits per heavy atom. The van der Waals surface area contributed by atoms with Gasteiger partial charge in [0, 0.05) is 13.2 Å². The maximum Gasteiger partial charge on any atom is 0.239 e. The van der Waals surface area contributed by atoms with Gasteiger partial charge in [-0.3, -0.25) is 9.59 Å². The first-order chi connectivity index (χ1) is 10.7. The van der Waals surface area contributed by atoms with Crippen molar-refractivity contribution in [3.05, 3.63) is 0 Å². The van der Waals surface area contributed by atoms with E-state index < -0.39 is 0 Å². The van der Waals surface area contributed by atoms with Gasteiger partial charge in [-0.25, -0.2) is 4.68 Å². The Kier molecular flexibility index (Phi) is 6.59. The lowest BCUT2D eigenvalue weighted by molar-refractivity contribution is -0.124. The number of nitrogens with zero attached hydrogens (tertiary/aromatic N) is 4. The Balaban J connectivity index is 1.73. The fourth-order valence-corrected chi connectivity index (χ4v) is 2.73. The zero-order valence-electron chi connectivity index (χ0n) is 12.4. The molecule has 0 bridgehead atoms. The summed E-state index contributed by atoms with van der Waals surface area (Å²) in [6.07, 6.45) is 2.18. The van der Waals surface area contributed by atoms with Crippen LogP contribution in [0.2, 0.25) is 0 Å². The van der Waals surface area contributed by atoms with Crippen molar-refractivity contribution >= 4 is 23.6 Å². The number of thioether (sulfide) groups is 1. The lowest BCUT2D eigenvalue weighted by Crippen LogP contribution is -2.37. The quantitative estimate of drug-likeness (QED) is 0.601. The van der Waals surface area contributed by atoms with Crippen LogP contribution in [0.3, 0.4) is 0 Å². The molecule has 122 valence electrons. The van der Waals surface area contributed by atoms with Crippen LogP contribution >= 0.6 is 11.8 Å². The van der Waals surface area contributed by atoms with Gasteiger partial charge in [-0.2, -0.15) is 0 Å². The number of aromatic nitrogens is 4. The van der Waals surface area contributed by atoms with Gasteiger partial charge in [0.15, 0.2) is 0 Å². The number of hydrogen-bond acceptors (Lipinski definition) is 7. The van der Waals surface area contributed by atoms with E-state index in [1.165, 1.54) is 11.8 Å². The zero-order chi connectivity index (χ0) is 15.8. The molecule has 2 heterocycles. The summed E-state index contributed by atoms with van der Waals surface area (Å²) in [6.45, 7) is 3.71. The highest BCUT2D eigenvalue weighted by molar-refractivity contribution is 7.99. The van der Waals surface area contributed by atoms with E-state index in [4.69, 9.17) is 4.74 Å². The highest BCUT2D eigenvalue weighted by Gasteiger charge is 2.19. The highest BCUT2D eigenvalue weighted by atomic mass is 32.2. The summed E-state index contributed by atoms with van der Waals surface area (Å²) in [5.41, 5.74) is 0. The van der Waals surface area contributed by atoms with E-state index in [1.807, 2.05) is 6.92 Å². The van der Waals surface area contributed by atoms with E-state index in [0.717, 1.165) is 19.4 Å². The predicted octanol–water partition coefficient (Wildman–Crippen LogP) is -0.803. The molecule has 0 aliphatic carbocycles. The molecule has 1 saturated heterocycles. The standard InChI is InChI=1S/C12H20N6O3S/c1-2-13-10(19)6-14-11(20)8-22-12-15-16-17-18(12)7-9-4-3-5-21-9/h9H,2-8H2,1H3,(H,13,19)(H,14,20)/t9-/m1/s1. The second kappa shape index (κ2) is 8.69. The second-order valence-electron chi connectivity index (χ2n) is 4.80. The third-order valence-corrected chi connectivity index (χ3v) is 4.01. The molecule has 9 nitrogen and oxygen atoms in total. The van der Waals surface area contributed by atoms with Crippen molar-refractivity contribution in [3.63, 3.8) is 0 Å². The largest absolute Gasteiger partial charge is 0.376 e. The van der Waals surface area contributed by atoms with Crippen LogP contribution in [0.4, 0.5) is 0 Å². The van der Waals surface area contributed by atoms with Crippen LogP contribution in [0.5, 0.6) is 0 Å². The lowest BCUT2D eigenvalue weighted by atomic mass is 10.2. The summed E-state index contributed by atoms with van der Waals surface area (Å²) in [5, 5.41) is 17.2. The van der Waals surface area contributed by atoms with Gasteiger partial charge in [-0.05, 0) is 30.2 Å². The molecule has 0 unspecified atom stereocenters. The molecule has 0 aromatic carbocycles. The van der Waals surface area contributed by atoms with E-state index in [1.54, 1.807) is 4.68 Å². The molecule has 1 aliphatic heterocycles. The summed E-state index contributed by atoms with van der Waals surface area (Å²) in [4.78, 5) is 22.9. The minimum Gasteiger partial charge on any atom is -0.376 e. The summed E-state index contributed by atoms with van der Waals surface area (Å²) in [6, 6.07) is 0. The van der Waals surface area contributed by atoms with Gasteiger partial charge in [0.25, 0.3) is 0 Å². The average molecular weight is 328 g/mol. The Morgan fingerprint density at radius 2 is 2.27 bits per heavy atom. The maximum absolute atomic E-state index is 11.7. The molecule has 0 spiro atoms. The van der Waals surface area contributed by atoms with Crippen molar-refractivity contribution in [2.75, 3.05) is 25.4 Å². The average Bonchev–Trinajstić information content (AvgIpc) is 3.16. The Bertz CT molecular complexity index is 503. The number of ether oxygens (including phenoxy) is 1. The molecular formula is C12H20N6O3S.